The van der Waals surface area contributed by atoms with Gasteiger partial charge in [-0.3, -0.25) is 4.79 Å². The Balaban J connectivity index is 3.12. The predicted molar refractivity (Wildman–Crippen MR) is 90.4 cm³/mol. The number of hydrogen-bond donors (Lipinski definition) is 0. The molecule has 0 aromatic heterocycles. The van der Waals surface area contributed by atoms with Crippen molar-refractivity contribution in [1.29, 1.82) is 0 Å². The molecule has 0 heterocycles. The highest BCUT2D eigenvalue weighted by molar-refractivity contribution is 9.09. The maximum atomic E-state index is 11.5. The molecule has 0 atom stereocenters. The van der Waals surface area contributed by atoms with Gasteiger partial charge in [0.05, 0.1) is 6.61 Å². The van der Waals surface area contributed by atoms with Crippen molar-refractivity contribution >= 4 is 21.9 Å². The zero-order valence-electron chi connectivity index (χ0n) is 13.3. The molecule has 0 amide bonds. The summed E-state index contributed by atoms with van der Waals surface area (Å²) in [6, 6.07) is 0. The highest BCUT2D eigenvalue weighted by atomic mass is 79.9. The third-order valence-corrected chi connectivity index (χ3v) is 4.09. The quantitative estimate of drug-likeness (QED) is 0.205. The van der Waals surface area contributed by atoms with Gasteiger partial charge in [0, 0.05) is 11.8 Å². The van der Waals surface area contributed by atoms with Crippen LogP contribution in [0.2, 0.25) is 0 Å². The first kappa shape index (κ1) is 19.9. The fourth-order valence-electron chi connectivity index (χ4n) is 2.21. The first-order chi connectivity index (χ1) is 9.81. The molecule has 2 nitrogen and oxygen atoms in total. The SMILES string of the molecule is CCCCCCCCCOC(=O)CCCCCCCBr. The summed E-state index contributed by atoms with van der Waals surface area (Å²) in [5.74, 6) is -0.00326. The lowest BCUT2D eigenvalue weighted by Crippen LogP contribution is -2.05. The van der Waals surface area contributed by atoms with Gasteiger partial charge in [0.2, 0.25) is 0 Å². The van der Waals surface area contributed by atoms with Crippen LogP contribution in [0.3, 0.4) is 0 Å². The zero-order valence-corrected chi connectivity index (χ0v) is 14.9. The van der Waals surface area contributed by atoms with E-state index in [4.69, 9.17) is 4.74 Å². The minimum Gasteiger partial charge on any atom is -0.466 e. The molecule has 0 N–H and O–H groups in total. The number of hydrogen-bond acceptors (Lipinski definition) is 2. The molecule has 0 radical (unpaired) electrons. The maximum Gasteiger partial charge on any atom is 0.305 e. The Hall–Kier alpha value is -0.0500. The van der Waals surface area contributed by atoms with E-state index in [9.17, 15) is 4.79 Å². The molecule has 20 heavy (non-hydrogen) atoms. The van der Waals surface area contributed by atoms with Crippen molar-refractivity contribution in [3.63, 3.8) is 0 Å². The van der Waals surface area contributed by atoms with E-state index in [1.54, 1.807) is 0 Å². The molecule has 0 aliphatic carbocycles. The fourth-order valence-corrected chi connectivity index (χ4v) is 2.61. The summed E-state index contributed by atoms with van der Waals surface area (Å²) in [4.78, 5) is 11.5. The second-order valence-electron chi connectivity index (χ2n) is 5.55. The van der Waals surface area contributed by atoms with E-state index in [0.717, 1.165) is 24.6 Å². The molecular formula is C17H33BrO2. The molecular weight excluding hydrogens is 316 g/mol. The molecule has 0 aromatic rings. The number of esters is 1. The Morgan fingerprint density at radius 3 is 2.00 bits per heavy atom. The highest BCUT2D eigenvalue weighted by Crippen LogP contribution is 2.09. The molecule has 0 bridgehead atoms. The Morgan fingerprint density at radius 1 is 0.800 bits per heavy atom. The van der Waals surface area contributed by atoms with Gasteiger partial charge in [-0.05, 0) is 19.3 Å². The standard InChI is InChI=1S/C17H33BrO2/c1-2-3-4-5-6-10-13-16-20-17(19)14-11-8-7-9-12-15-18/h2-16H2,1H3. The lowest BCUT2D eigenvalue weighted by Gasteiger charge is -2.05. The van der Waals surface area contributed by atoms with Crippen molar-refractivity contribution in [1.82, 2.24) is 0 Å². The normalized spacial score (nSPS) is 10.7. The van der Waals surface area contributed by atoms with Crippen LogP contribution in [-0.2, 0) is 9.53 Å². The summed E-state index contributed by atoms with van der Waals surface area (Å²) in [6.07, 6.45) is 15.3. The van der Waals surface area contributed by atoms with E-state index in [0.29, 0.717) is 13.0 Å². The largest absolute Gasteiger partial charge is 0.466 e. The smallest absolute Gasteiger partial charge is 0.305 e. The van der Waals surface area contributed by atoms with Crippen molar-refractivity contribution in [2.24, 2.45) is 0 Å². The number of carbonyl (C=O) groups excluding carboxylic acids is 1. The van der Waals surface area contributed by atoms with Crippen LogP contribution in [0, 0.1) is 0 Å². The van der Waals surface area contributed by atoms with Crippen LogP contribution < -0.4 is 0 Å². The van der Waals surface area contributed by atoms with E-state index in [1.165, 1.54) is 57.8 Å². The number of halogens is 1. The Bertz CT molecular complexity index is 207. The molecule has 0 unspecified atom stereocenters. The fraction of sp³-hybridized carbons (Fsp3) is 0.941. The van der Waals surface area contributed by atoms with Gasteiger partial charge in [-0.15, -0.1) is 0 Å². The van der Waals surface area contributed by atoms with E-state index in [2.05, 4.69) is 22.9 Å². The third kappa shape index (κ3) is 16.0. The summed E-state index contributed by atoms with van der Waals surface area (Å²) >= 11 is 3.43. The van der Waals surface area contributed by atoms with Gasteiger partial charge in [0.1, 0.15) is 0 Å². The van der Waals surface area contributed by atoms with Gasteiger partial charge >= 0.3 is 5.97 Å². The third-order valence-electron chi connectivity index (χ3n) is 3.53. The number of unbranched alkanes of at least 4 members (excludes halogenated alkanes) is 10. The topological polar surface area (TPSA) is 26.3 Å². The van der Waals surface area contributed by atoms with Gasteiger partial charge in [0.25, 0.3) is 0 Å². The number of alkyl halides is 1. The van der Waals surface area contributed by atoms with Gasteiger partial charge in [-0.25, -0.2) is 0 Å². The van der Waals surface area contributed by atoms with Crippen molar-refractivity contribution in [2.75, 3.05) is 11.9 Å². The van der Waals surface area contributed by atoms with Crippen LogP contribution in [0.15, 0.2) is 0 Å². The average molecular weight is 349 g/mol. The summed E-state index contributed by atoms with van der Waals surface area (Å²) in [6.45, 7) is 2.86. The first-order valence-electron chi connectivity index (χ1n) is 8.52. The monoisotopic (exact) mass is 348 g/mol. The van der Waals surface area contributed by atoms with Crippen molar-refractivity contribution < 1.29 is 9.53 Å². The van der Waals surface area contributed by atoms with E-state index < -0.39 is 0 Å². The maximum absolute atomic E-state index is 11.5. The van der Waals surface area contributed by atoms with Crippen molar-refractivity contribution in [3.8, 4) is 0 Å². The molecule has 0 aromatic carbocycles. The van der Waals surface area contributed by atoms with Gasteiger partial charge < -0.3 is 4.74 Å². The second kappa shape index (κ2) is 17.0. The first-order valence-corrected chi connectivity index (χ1v) is 9.65. The lowest BCUT2D eigenvalue weighted by molar-refractivity contribution is -0.143. The minimum absolute atomic E-state index is 0.00326. The lowest BCUT2D eigenvalue weighted by atomic mass is 10.1. The predicted octanol–water partition coefficient (Wildman–Crippen LogP) is 6.02. The Morgan fingerprint density at radius 2 is 1.35 bits per heavy atom. The van der Waals surface area contributed by atoms with Gasteiger partial charge in [0.15, 0.2) is 0 Å². The summed E-state index contributed by atoms with van der Waals surface area (Å²) < 4.78 is 5.25. The van der Waals surface area contributed by atoms with E-state index in [1.807, 2.05) is 0 Å². The van der Waals surface area contributed by atoms with Crippen LogP contribution in [0.25, 0.3) is 0 Å². The van der Waals surface area contributed by atoms with Gasteiger partial charge in [-0.1, -0.05) is 80.6 Å². The number of rotatable bonds is 15. The zero-order chi connectivity index (χ0) is 14.9. The molecule has 0 rings (SSSR count). The van der Waals surface area contributed by atoms with E-state index >= 15 is 0 Å². The molecule has 0 saturated carbocycles. The van der Waals surface area contributed by atoms with Gasteiger partial charge in [-0.2, -0.15) is 0 Å². The molecule has 3 heteroatoms. The highest BCUT2D eigenvalue weighted by Gasteiger charge is 2.02. The second-order valence-corrected chi connectivity index (χ2v) is 6.34. The number of carbonyl (C=O) groups is 1. The van der Waals surface area contributed by atoms with Crippen molar-refractivity contribution in [3.05, 3.63) is 0 Å². The molecule has 0 aliphatic heterocycles. The molecule has 0 fully saturated rings. The Labute approximate surface area is 134 Å². The van der Waals surface area contributed by atoms with Crippen LogP contribution in [0.5, 0.6) is 0 Å². The van der Waals surface area contributed by atoms with Crippen molar-refractivity contribution in [2.45, 2.75) is 90.4 Å². The minimum atomic E-state index is -0.00326. The number of ether oxygens (including phenoxy) is 1. The van der Waals surface area contributed by atoms with E-state index in [-0.39, 0.29) is 5.97 Å². The molecule has 0 spiro atoms. The van der Waals surface area contributed by atoms with Crippen LogP contribution in [0.1, 0.15) is 90.4 Å². The van der Waals surface area contributed by atoms with Crippen LogP contribution >= 0.6 is 15.9 Å². The Kier molecular flexibility index (Phi) is 17.0. The average Bonchev–Trinajstić information content (AvgIpc) is 2.45. The summed E-state index contributed by atoms with van der Waals surface area (Å²) in [5.41, 5.74) is 0. The molecule has 0 aliphatic rings. The molecule has 120 valence electrons. The van der Waals surface area contributed by atoms with Crippen LogP contribution in [0.4, 0.5) is 0 Å². The summed E-state index contributed by atoms with van der Waals surface area (Å²) in [5, 5.41) is 1.09. The molecule has 0 saturated heterocycles. The summed E-state index contributed by atoms with van der Waals surface area (Å²) in [7, 11) is 0. The van der Waals surface area contributed by atoms with Crippen LogP contribution in [-0.4, -0.2) is 17.9 Å².